The van der Waals surface area contributed by atoms with Gasteiger partial charge in [0.1, 0.15) is 0 Å². The molecule has 1 aromatic heterocycles. The van der Waals surface area contributed by atoms with Gasteiger partial charge in [-0.3, -0.25) is 14.9 Å². The summed E-state index contributed by atoms with van der Waals surface area (Å²) in [5.74, 6) is -1.54. The minimum Gasteiger partial charge on any atom is -0.322 e. The van der Waals surface area contributed by atoms with E-state index in [2.05, 4.69) is 10.3 Å². The molecule has 0 saturated heterocycles. The van der Waals surface area contributed by atoms with Crippen molar-refractivity contribution in [3.8, 4) is 11.3 Å². The molecule has 1 heterocycles. The predicted molar refractivity (Wildman–Crippen MR) is 93.3 cm³/mol. The Hall–Kier alpha value is -3.13. The third-order valence-electron chi connectivity index (χ3n) is 3.46. The van der Waals surface area contributed by atoms with Crippen molar-refractivity contribution >= 4 is 28.6 Å². The van der Waals surface area contributed by atoms with E-state index in [4.69, 9.17) is 0 Å². The van der Waals surface area contributed by atoms with Crippen molar-refractivity contribution in [2.24, 2.45) is 0 Å². The Kier molecular flexibility index (Phi) is 4.53. The number of halogens is 1. The number of nitrogens with one attached hydrogen (secondary N) is 1. The molecule has 0 fully saturated rings. The maximum Gasteiger partial charge on any atom is 0.305 e. The van der Waals surface area contributed by atoms with Gasteiger partial charge in [0.25, 0.3) is 5.91 Å². The molecule has 126 valence electrons. The van der Waals surface area contributed by atoms with Gasteiger partial charge in [0.15, 0.2) is 0 Å². The zero-order valence-corrected chi connectivity index (χ0v) is 13.8. The lowest BCUT2D eigenvalue weighted by atomic mass is 10.1. The van der Waals surface area contributed by atoms with E-state index in [9.17, 15) is 19.3 Å². The molecule has 0 aliphatic carbocycles. The highest BCUT2D eigenvalue weighted by atomic mass is 32.1. The van der Waals surface area contributed by atoms with Gasteiger partial charge in [-0.2, -0.15) is 4.39 Å². The van der Waals surface area contributed by atoms with Crippen molar-refractivity contribution in [3.05, 3.63) is 74.3 Å². The maximum atomic E-state index is 13.3. The number of aryl methyl sites for hydroxylation is 1. The highest BCUT2D eigenvalue weighted by molar-refractivity contribution is 7.09. The summed E-state index contributed by atoms with van der Waals surface area (Å²) in [4.78, 5) is 26.5. The second-order valence-electron chi connectivity index (χ2n) is 5.21. The number of benzene rings is 2. The van der Waals surface area contributed by atoms with Crippen LogP contribution in [0.2, 0.25) is 0 Å². The molecule has 8 heteroatoms. The minimum absolute atomic E-state index is 0.00676. The Labute approximate surface area is 146 Å². The average molecular weight is 357 g/mol. The van der Waals surface area contributed by atoms with E-state index in [-0.39, 0.29) is 5.56 Å². The van der Waals surface area contributed by atoms with Gasteiger partial charge in [0.05, 0.1) is 15.6 Å². The van der Waals surface area contributed by atoms with Crippen molar-refractivity contribution < 1.29 is 14.1 Å². The number of anilines is 1. The van der Waals surface area contributed by atoms with Crippen LogP contribution in [-0.2, 0) is 0 Å². The number of carbonyl (C=O) groups excluding carboxylic acids is 1. The Morgan fingerprint density at radius 1 is 1.24 bits per heavy atom. The number of nitrogens with zero attached hydrogens (tertiary/aromatic N) is 2. The highest BCUT2D eigenvalue weighted by Crippen LogP contribution is 2.24. The molecule has 3 aromatic rings. The molecule has 0 aliphatic heterocycles. The molecule has 0 bridgehead atoms. The van der Waals surface area contributed by atoms with Gasteiger partial charge in [0.2, 0.25) is 5.82 Å². The predicted octanol–water partition coefficient (Wildman–Crippen LogP) is 4.42. The number of nitro groups is 1. The number of carbonyl (C=O) groups is 1. The molecule has 0 saturated carbocycles. The zero-order chi connectivity index (χ0) is 18.0. The van der Waals surface area contributed by atoms with Crippen LogP contribution in [0.4, 0.5) is 15.8 Å². The lowest BCUT2D eigenvalue weighted by molar-refractivity contribution is -0.387. The van der Waals surface area contributed by atoms with Crippen LogP contribution in [0.25, 0.3) is 11.3 Å². The summed E-state index contributed by atoms with van der Waals surface area (Å²) >= 11 is 1.55. The molecule has 2 aromatic carbocycles. The number of nitro benzene ring substituents is 1. The molecule has 0 radical (unpaired) electrons. The summed E-state index contributed by atoms with van der Waals surface area (Å²) in [7, 11) is 0. The van der Waals surface area contributed by atoms with E-state index in [0.717, 1.165) is 28.4 Å². The lowest BCUT2D eigenvalue weighted by Gasteiger charge is -2.06. The van der Waals surface area contributed by atoms with Gasteiger partial charge >= 0.3 is 5.69 Å². The topological polar surface area (TPSA) is 85.1 Å². The van der Waals surface area contributed by atoms with Gasteiger partial charge in [-0.25, -0.2) is 4.98 Å². The van der Waals surface area contributed by atoms with Crippen LogP contribution in [-0.4, -0.2) is 15.8 Å². The van der Waals surface area contributed by atoms with Crippen molar-refractivity contribution in [2.45, 2.75) is 6.92 Å². The molecule has 6 nitrogen and oxygen atoms in total. The summed E-state index contributed by atoms with van der Waals surface area (Å²) in [6.45, 7) is 1.92. The number of rotatable bonds is 4. The molecule has 0 spiro atoms. The molecule has 0 unspecified atom stereocenters. The highest BCUT2D eigenvalue weighted by Gasteiger charge is 2.17. The summed E-state index contributed by atoms with van der Waals surface area (Å²) in [6, 6.07) is 10.1. The third kappa shape index (κ3) is 3.69. The number of hydrogen-bond donors (Lipinski definition) is 1. The Balaban J connectivity index is 1.77. The van der Waals surface area contributed by atoms with E-state index >= 15 is 0 Å². The Morgan fingerprint density at radius 3 is 2.56 bits per heavy atom. The van der Waals surface area contributed by atoms with Gasteiger partial charge in [-0.05, 0) is 31.2 Å². The van der Waals surface area contributed by atoms with Gasteiger partial charge in [-0.15, -0.1) is 11.3 Å². The molecule has 0 atom stereocenters. The lowest BCUT2D eigenvalue weighted by Crippen LogP contribution is -2.12. The Bertz CT molecular complexity index is 954. The monoisotopic (exact) mass is 357 g/mol. The molecule has 1 amide bonds. The fraction of sp³-hybridized carbons (Fsp3) is 0.0588. The van der Waals surface area contributed by atoms with Crippen LogP contribution in [0, 0.1) is 22.9 Å². The fourth-order valence-corrected chi connectivity index (χ4v) is 2.84. The number of aromatic nitrogens is 1. The van der Waals surface area contributed by atoms with Crippen molar-refractivity contribution in [2.75, 3.05) is 5.32 Å². The first-order valence-electron chi connectivity index (χ1n) is 7.22. The Morgan fingerprint density at radius 2 is 1.96 bits per heavy atom. The molecule has 0 aliphatic rings. The van der Waals surface area contributed by atoms with Crippen molar-refractivity contribution in [1.29, 1.82) is 0 Å². The van der Waals surface area contributed by atoms with Crippen LogP contribution in [0.3, 0.4) is 0 Å². The van der Waals surface area contributed by atoms with Crippen molar-refractivity contribution in [1.82, 2.24) is 4.98 Å². The number of thiazole rings is 1. The number of hydrogen-bond acceptors (Lipinski definition) is 5. The summed E-state index contributed by atoms with van der Waals surface area (Å²) in [5, 5.41) is 16.3. The summed E-state index contributed by atoms with van der Waals surface area (Å²) < 4.78 is 13.3. The van der Waals surface area contributed by atoms with E-state index in [1.165, 1.54) is 6.07 Å². The van der Waals surface area contributed by atoms with Crippen LogP contribution in [0.1, 0.15) is 15.4 Å². The summed E-state index contributed by atoms with van der Waals surface area (Å²) in [6.07, 6.45) is 0. The number of amides is 1. The second-order valence-corrected chi connectivity index (χ2v) is 6.27. The van der Waals surface area contributed by atoms with Crippen molar-refractivity contribution in [3.63, 3.8) is 0 Å². The average Bonchev–Trinajstić information content (AvgIpc) is 3.02. The van der Waals surface area contributed by atoms with Gasteiger partial charge < -0.3 is 5.32 Å². The minimum atomic E-state index is -0.982. The second kappa shape index (κ2) is 6.78. The smallest absolute Gasteiger partial charge is 0.305 e. The van der Waals surface area contributed by atoms with E-state index < -0.39 is 22.3 Å². The molecule has 25 heavy (non-hydrogen) atoms. The standard InChI is InChI=1S/C17H12FN3O3S/c1-10-19-15(9-25-10)11-2-5-13(6-3-11)20-17(22)12-4-7-14(18)16(8-12)21(23)24/h2-9H,1H3,(H,20,22). The van der Waals surface area contributed by atoms with Crippen LogP contribution >= 0.6 is 11.3 Å². The molecule has 3 rings (SSSR count). The van der Waals surface area contributed by atoms with Gasteiger partial charge in [-0.1, -0.05) is 12.1 Å². The fourth-order valence-electron chi connectivity index (χ4n) is 2.22. The first kappa shape index (κ1) is 16.7. The largest absolute Gasteiger partial charge is 0.322 e. The zero-order valence-electron chi connectivity index (χ0n) is 13.0. The first-order chi connectivity index (χ1) is 11.9. The normalized spacial score (nSPS) is 10.5. The van der Waals surface area contributed by atoms with Crippen LogP contribution in [0.5, 0.6) is 0 Å². The SMILES string of the molecule is Cc1nc(-c2ccc(NC(=O)c3ccc(F)c([N+](=O)[O-])c3)cc2)cs1. The van der Waals surface area contributed by atoms with E-state index in [1.54, 1.807) is 23.5 Å². The quantitative estimate of drug-likeness (QED) is 0.553. The third-order valence-corrected chi connectivity index (χ3v) is 4.24. The molecular formula is C17H12FN3O3S. The van der Waals surface area contributed by atoms with E-state index in [1.807, 2.05) is 24.4 Å². The maximum absolute atomic E-state index is 13.3. The van der Waals surface area contributed by atoms with Crippen LogP contribution in [0.15, 0.2) is 47.8 Å². The molecular weight excluding hydrogens is 345 g/mol. The van der Waals surface area contributed by atoms with Crippen LogP contribution < -0.4 is 5.32 Å². The van der Waals surface area contributed by atoms with Gasteiger partial charge in [0, 0.05) is 28.3 Å². The van der Waals surface area contributed by atoms with E-state index in [0.29, 0.717) is 5.69 Å². The molecule has 1 N–H and O–H groups in total. The summed E-state index contributed by atoms with van der Waals surface area (Å²) in [5.41, 5.74) is 1.57. The first-order valence-corrected chi connectivity index (χ1v) is 8.10.